The van der Waals surface area contributed by atoms with Crippen LogP contribution in [0.1, 0.15) is 40.5 Å². The first-order valence-electron chi connectivity index (χ1n) is 5.58. The van der Waals surface area contributed by atoms with Crippen molar-refractivity contribution in [2.45, 2.75) is 51.7 Å². The lowest BCUT2D eigenvalue weighted by Crippen LogP contribution is -2.46. The van der Waals surface area contributed by atoms with E-state index in [4.69, 9.17) is 4.74 Å². The molecule has 2 amide bonds. The van der Waals surface area contributed by atoms with Crippen molar-refractivity contribution >= 4 is 12.0 Å². The van der Waals surface area contributed by atoms with Crippen molar-refractivity contribution in [1.29, 1.82) is 0 Å². The van der Waals surface area contributed by atoms with Gasteiger partial charge >= 0.3 is 6.09 Å². The largest absolute Gasteiger partial charge is 0.433 e. The fraction of sp³-hybridized carbons (Fsp3) is 0.818. The summed E-state index contributed by atoms with van der Waals surface area (Å²) in [6, 6.07) is 0. The van der Waals surface area contributed by atoms with Gasteiger partial charge in [0.2, 0.25) is 0 Å². The Morgan fingerprint density at radius 2 is 1.88 bits per heavy atom. The zero-order valence-corrected chi connectivity index (χ0v) is 10.3. The molecule has 0 heterocycles. The summed E-state index contributed by atoms with van der Waals surface area (Å²) in [7, 11) is 0. The fourth-order valence-corrected chi connectivity index (χ4v) is 1.32. The van der Waals surface area contributed by atoms with Crippen LogP contribution in [0.4, 0.5) is 4.79 Å². The van der Waals surface area contributed by atoms with Gasteiger partial charge in [0.1, 0.15) is 0 Å². The maximum absolute atomic E-state index is 11.6. The molecule has 0 saturated heterocycles. The summed E-state index contributed by atoms with van der Waals surface area (Å²) in [5.41, 5.74) is -1.26. The van der Waals surface area contributed by atoms with Gasteiger partial charge in [-0.05, 0) is 27.7 Å². The van der Waals surface area contributed by atoms with Gasteiger partial charge in [-0.1, -0.05) is 0 Å². The number of rotatable bonds is 3. The Kier molecular flexibility index (Phi) is 3.45. The average molecular weight is 228 g/mol. The number of hydrogen-bond donors (Lipinski definition) is 2. The van der Waals surface area contributed by atoms with E-state index in [2.05, 4.69) is 10.6 Å². The first-order chi connectivity index (χ1) is 7.29. The smallest absolute Gasteiger partial charge is 0.408 e. The van der Waals surface area contributed by atoms with Crippen molar-refractivity contribution in [3.8, 4) is 0 Å². The highest BCUT2D eigenvalue weighted by atomic mass is 16.6. The van der Waals surface area contributed by atoms with Crippen molar-refractivity contribution in [2.24, 2.45) is 0 Å². The van der Waals surface area contributed by atoms with Crippen LogP contribution in [0.5, 0.6) is 0 Å². The van der Waals surface area contributed by atoms with Crippen LogP contribution in [0.2, 0.25) is 0 Å². The van der Waals surface area contributed by atoms with Crippen LogP contribution < -0.4 is 10.6 Å². The molecule has 92 valence electrons. The van der Waals surface area contributed by atoms with Crippen LogP contribution in [0.3, 0.4) is 0 Å². The molecule has 2 N–H and O–H groups in total. The summed E-state index contributed by atoms with van der Waals surface area (Å²) in [6.07, 6.45) is 0.684. The van der Waals surface area contributed by atoms with E-state index >= 15 is 0 Å². The highest BCUT2D eigenvalue weighted by molar-refractivity contribution is 5.90. The third-order valence-electron chi connectivity index (χ3n) is 2.22. The monoisotopic (exact) mass is 228 g/mol. The summed E-state index contributed by atoms with van der Waals surface area (Å²) in [4.78, 5) is 23.1. The molecule has 0 radical (unpaired) electrons. The average Bonchev–Trinajstić information content (AvgIpc) is 2.82. The Bertz CT molecular complexity index is 290. The lowest BCUT2D eigenvalue weighted by molar-refractivity contribution is -0.131. The van der Waals surface area contributed by atoms with Crippen LogP contribution in [-0.4, -0.2) is 29.7 Å². The lowest BCUT2D eigenvalue weighted by Gasteiger charge is -2.23. The Balaban J connectivity index is 2.48. The molecular formula is C11H20N2O3. The number of carbonyl (C=O) groups is 2. The number of nitrogens with one attached hydrogen (secondary N) is 2. The molecule has 16 heavy (non-hydrogen) atoms. The molecule has 5 nitrogen and oxygen atoms in total. The molecule has 0 aromatic heterocycles. The van der Waals surface area contributed by atoms with Gasteiger partial charge in [-0.2, -0.15) is 0 Å². The Morgan fingerprint density at radius 1 is 1.31 bits per heavy atom. The predicted molar refractivity (Wildman–Crippen MR) is 60.0 cm³/mol. The number of carbonyl (C=O) groups excluding carboxylic acids is 2. The predicted octanol–water partition coefficient (Wildman–Crippen LogP) is 1.18. The van der Waals surface area contributed by atoms with Crippen molar-refractivity contribution in [3.63, 3.8) is 0 Å². The minimum Gasteiger partial charge on any atom is -0.433 e. The molecule has 1 fully saturated rings. The molecule has 0 atom stereocenters. The molecule has 1 aliphatic rings. The third-order valence-corrected chi connectivity index (χ3v) is 2.22. The molecule has 1 saturated carbocycles. The van der Waals surface area contributed by atoms with Crippen LogP contribution in [-0.2, 0) is 9.53 Å². The maximum Gasteiger partial charge on any atom is 0.408 e. The molecule has 0 unspecified atom stereocenters. The molecule has 0 aromatic rings. The number of ether oxygens (including phenoxy) is 1. The van der Waals surface area contributed by atoms with Crippen molar-refractivity contribution < 1.29 is 14.3 Å². The second-order valence-electron chi connectivity index (χ2n) is 5.12. The summed E-state index contributed by atoms with van der Waals surface area (Å²) in [5.74, 6) is -0.195. The Labute approximate surface area is 95.9 Å². The van der Waals surface area contributed by atoms with E-state index in [1.165, 1.54) is 0 Å². The molecule has 1 aliphatic carbocycles. The summed E-state index contributed by atoms with van der Waals surface area (Å²) >= 11 is 0. The van der Waals surface area contributed by atoms with Crippen molar-refractivity contribution in [2.75, 3.05) is 6.54 Å². The molecule has 5 heteroatoms. The standard InChI is InChI=1S/C11H20N2O3/c1-5-12-8(14)11(6-7-11)16-9(15)13-10(2,3)4/h5-7H2,1-4H3,(H,12,14)(H,13,15). The van der Waals surface area contributed by atoms with E-state index in [0.29, 0.717) is 19.4 Å². The molecule has 0 bridgehead atoms. The van der Waals surface area contributed by atoms with Gasteiger partial charge < -0.3 is 15.4 Å². The lowest BCUT2D eigenvalue weighted by atomic mass is 10.1. The van der Waals surface area contributed by atoms with E-state index in [1.807, 2.05) is 27.7 Å². The van der Waals surface area contributed by atoms with Crippen LogP contribution in [0.15, 0.2) is 0 Å². The summed E-state index contributed by atoms with van der Waals surface area (Å²) in [5, 5.41) is 5.34. The number of amides is 2. The maximum atomic E-state index is 11.6. The quantitative estimate of drug-likeness (QED) is 0.762. The van der Waals surface area contributed by atoms with E-state index in [1.54, 1.807) is 0 Å². The van der Waals surface area contributed by atoms with E-state index in [9.17, 15) is 9.59 Å². The molecule has 1 rings (SSSR count). The minimum absolute atomic E-state index is 0.195. The topological polar surface area (TPSA) is 67.4 Å². The molecule has 0 aromatic carbocycles. The zero-order valence-electron chi connectivity index (χ0n) is 10.3. The minimum atomic E-state index is -0.911. The van der Waals surface area contributed by atoms with Crippen molar-refractivity contribution in [3.05, 3.63) is 0 Å². The summed E-state index contributed by atoms with van der Waals surface area (Å²) < 4.78 is 5.18. The van der Waals surface area contributed by atoms with Crippen molar-refractivity contribution in [1.82, 2.24) is 10.6 Å². The second kappa shape index (κ2) is 4.31. The Hall–Kier alpha value is -1.26. The van der Waals surface area contributed by atoms with Crippen LogP contribution in [0, 0.1) is 0 Å². The first kappa shape index (κ1) is 12.8. The van der Waals surface area contributed by atoms with E-state index in [0.717, 1.165) is 0 Å². The van der Waals surface area contributed by atoms with Gasteiger partial charge in [0.25, 0.3) is 5.91 Å². The van der Waals surface area contributed by atoms with Gasteiger partial charge in [-0.3, -0.25) is 4.79 Å². The van der Waals surface area contributed by atoms with Gasteiger partial charge in [-0.15, -0.1) is 0 Å². The Morgan fingerprint density at radius 3 is 2.25 bits per heavy atom. The SMILES string of the molecule is CCNC(=O)C1(OC(=O)NC(C)(C)C)CC1. The number of alkyl carbamates (subject to hydrolysis) is 1. The normalized spacial score (nSPS) is 17.5. The van der Waals surface area contributed by atoms with Gasteiger partial charge in [0.15, 0.2) is 5.60 Å². The highest BCUT2D eigenvalue weighted by Crippen LogP contribution is 2.39. The fourth-order valence-electron chi connectivity index (χ4n) is 1.32. The van der Waals surface area contributed by atoms with E-state index < -0.39 is 11.7 Å². The summed E-state index contributed by atoms with van der Waals surface area (Å²) in [6.45, 7) is 7.97. The molecule has 0 aliphatic heterocycles. The van der Waals surface area contributed by atoms with Crippen LogP contribution >= 0.6 is 0 Å². The highest BCUT2D eigenvalue weighted by Gasteiger charge is 2.54. The van der Waals surface area contributed by atoms with Gasteiger partial charge in [-0.25, -0.2) is 4.79 Å². The molecular weight excluding hydrogens is 208 g/mol. The van der Waals surface area contributed by atoms with Gasteiger partial charge in [0.05, 0.1) is 0 Å². The number of hydrogen-bond acceptors (Lipinski definition) is 3. The number of likely N-dealkylation sites (N-methyl/N-ethyl adjacent to an activating group) is 1. The first-order valence-corrected chi connectivity index (χ1v) is 5.58. The van der Waals surface area contributed by atoms with E-state index in [-0.39, 0.29) is 11.4 Å². The second-order valence-corrected chi connectivity index (χ2v) is 5.12. The zero-order chi connectivity index (χ0) is 12.4. The molecule has 0 spiro atoms. The third kappa shape index (κ3) is 3.40. The van der Waals surface area contributed by atoms with Gasteiger partial charge in [0, 0.05) is 24.9 Å². The van der Waals surface area contributed by atoms with Crippen LogP contribution in [0.25, 0.3) is 0 Å².